The van der Waals surface area contributed by atoms with Gasteiger partial charge in [0.05, 0.1) is 5.92 Å². The van der Waals surface area contributed by atoms with Crippen LogP contribution in [0.1, 0.15) is 28.8 Å². The van der Waals surface area contributed by atoms with Crippen LogP contribution in [0.3, 0.4) is 0 Å². The van der Waals surface area contributed by atoms with Crippen LogP contribution < -0.4 is 5.32 Å². The summed E-state index contributed by atoms with van der Waals surface area (Å²) in [5, 5.41) is 11.4. The molecule has 1 aliphatic carbocycles. The van der Waals surface area contributed by atoms with Crippen LogP contribution in [-0.4, -0.2) is 23.0 Å². The zero-order chi connectivity index (χ0) is 13.3. The van der Waals surface area contributed by atoms with Crippen LogP contribution in [0.2, 0.25) is 0 Å². The first kappa shape index (κ1) is 12.5. The molecule has 0 unspecified atom stereocenters. The summed E-state index contributed by atoms with van der Waals surface area (Å²) in [4.78, 5) is 22.4. The molecule has 0 bridgehead atoms. The van der Waals surface area contributed by atoms with Gasteiger partial charge in [0.25, 0.3) is 5.91 Å². The molecule has 18 heavy (non-hydrogen) atoms. The Kier molecular flexibility index (Phi) is 3.32. The van der Waals surface area contributed by atoms with Crippen molar-refractivity contribution in [2.24, 2.45) is 5.92 Å². The molecule has 4 nitrogen and oxygen atoms in total. The fourth-order valence-electron chi connectivity index (χ4n) is 2.07. The van der Waals surface area contributed by atoms with Crippen molar-refractivity contribution in [3.05, 3.63) is 35.1 Å². The van der Waals surface area contributed by atoms with Gasteiger partial charge in [-0.3, -0.25) is 9.59 Å². The lowest BCUT2D eigenvalue weighted by Gasteiger charge is -2.32. The van der Waals surface area contributed by atoms with Crippen molar-refractivity contribution in [1.29, 1.82) is 0 Å². The van der Waals surface area contributed by atoms with E-state index in [9.17, 15) is 14.0 Å². The van der Waals surface area contributed by atoms with Crippen LogP contribution in [0.15, 0.2) is 18.2 Å². The van der Waals surface area contributed by atoms with Crippen LogP contribution in [0.4, 0.5) is 4.39 Å². The molecule has 1 aromatic carbocycles. The zero-order valence-corrected chi connectivity index (χ0v) is 9.94. The first-order chi connectivity index (χ1) is 8.45. The number of amides is 1. The second-order valence-corrected chi connectivity index (χ2v) is 4.69. The molecule has 0 spiro atoms. The number of benzene rings is 1. The van der Waals surface area contributed by atoms with E-state index in [4.69, 9.17) is 5.11 Å². The third-order valence-electron chi connectivity index (χ3n) is 3.13. The Balaban J connectivity index is 1.95. The average molecular weight is 251 g/mol. The molecular weight excluding hydrogens is 237 g/mol. The van der Waals surface area contributed by atoms with Gasteiger partial charge in [-0.25, -0.2) is 4.39 Å². The SMILES string of the molecule is Cc1cc(F)cc(C(=O)NC2CC(C(=O)O)C2)c1. The Bertz CT molecular complexity index is 475. The van der Waals surface area contributed by atoms with E-state index in [-0.39, 0.29) is 23.4 Å². The van der Waals surface area contributed by atoms with Gasteiger partial charge in [0.1, 0.15) is 5.82 Å². The van der Waals surface area contributed by atoms with Crippen LogP contribution >= 0.6 is 0 Å². The monoisotopic (exact) mass is 251 g/mol. The molecule has 2 rings (SSSR count). The first-order valence-electron chi connectivity index (χ1n) is 5.76. The van der Waals surface area contributed by atoms with Crippen molar-refractivity contribution in [2.75, 3.05) is 0 Å². The topological polar surface area (TPSA) is 66.4 Å². The van der Waals surface area contributed by atoms with Crippen molar-refractivity contribution in [1.82, 2.24) is 5.32 Å². The molecule has 0 aromatic heterocycles. The van der Waals surface area contributed by atoms with E-state index in [0.29, 0.717) is 18.4 Å². The number of aliphatic carboxylic acids is 1. The number of halogens is 1. The number of hydrogen-bond acceptors (Lipinski definition) is 2. The normalized spacial score (nSPS) is 22.1. The number of carbonyl (C=O) groups excluding carboxylic acids is 1. The van der Waals surface area contributed by atoms with Crippen molar-refractivity contribution in [2.45, 2.75) is 25.8 Å². The molecule has 1 amide bonds. The number of carboxylic acids is 1. The Morgan fingerprint density at radius 3 is 2.56 bits per heavy atom. The van der Waals surface area contributed by atoms with Gasteiger partial charge in [0.15, 0.2) is 0 Å². The lowest BCUT2D eigenvalue weighted by atomic mass is 9.80. The molecule has 1 aromatic rings. The number of hydrogen-bond donors (Lipinski definition) is 2. The van der Waals surface area contributed by atoms with Crippen LogP contribution in [0.25, 0.3) is 0 Å². The Hall–Kier alpha value is -1.91. The van der Waals surface area contributed by atoms with E-state index in [1.165, 1.54) is 12.1 Å². The smallest absolute Gasteiger partial charge is 0.306 e. The standard InChI is InChI=1S/C13H14FNO3/c1-7-2-8(4-10(14)3-7)12(16)15-11-5-9(6-11)13(17)18/h2-4,9,11H,5-6H2,1H3,(H,15,16)(H,17,18). The minimum absolute atomic E-state index is 0.123. The molecule has 0 heterocycles. The highest BCUT2D eigenvalue weighted by Gasteiger charge is 2.35. The summed E-state index contributed by atoms with van der Waals surface area (Å²) >= 11 is 0. The Labute approximate surface area is 104 Å². The maximum Gasteiger partial charge on any atom is 0.306 e. The molecule has 0 radical (unpaired) electrons. The predicted molar refractivity (Wildman–Crippen MR) is 62.8 cm³/mol. The lowest BCUT2D eigenvalue weighted by molar-refractivity contribution is -0.145. The number of nitrogens with one attached hydrogen (secondary N) is 1. The number of rotatable bonds is 3. The maximum atomic E-state index is 13.1. The molecule has 2 N–H and O–H groups in total. The molecule has 0 saturated heterocycles. The summed E-state index contributed by atoms with van der Waals surface area (Å²) in [5.74, 6) is -2.00. The van der Waals surface area contributed by atoms with Gasteiger partial charge in [-0.2, -0.15) is 0 Å². The van der Waals surface area contributed by atoms with E-state index in [1.807, 2.05) is 0 Å². The van der Waals surface area contributed by atoms with Gasteiger partial charge in [-0.05, 0) is 43.5 Å². The number of carbonyl (C=O) groups is 2. The van der Waals surface area contributed by atoms with E-state index in [0.717, 1.165) is 0 Å². The molecule has 1 saturated carbocycles. The van der Waals surface area contributed by atoms with Crippen molar-refractivity contribution in [3.63, 3.8) is 0 Å². The predicted octanol–water partition coefficient (Wildman–Crippen LogP) is 1.73. The Morgan fingerprint density at radius 1 is 1.33 bits per heavy atom. The van der Waals surface area contributed by atoms with E-state index < -0.39 is 11.8 Å². The van der Waals surface area contributed by atoms with E-state index >= 15 is 0 Å². The number of carboxylic acid groups (broad SMARTS) is 1. The highest BCUT2D eigenvalue weighted by molar-refractivity contribution is 5.94. The second kappa shape index (κ2) is 4.76. The highest BCUT2D eigenvalue weighted by atomic mass is 19.1. The van der Waals surface area contributed by atoms with Gasteiger partial charge >= 0.3 is 5.97 Å². The van der Waals surface area contributed by atoms with Gasteiger partial charge < -0.3 is 10.4 Å². The zero-order valence-electron chi connectivity index (χ0n) is 9.94. The van der Waals surface area contributed by atoms with E-state index in [1.54, 1.807) is 13.0 Å². The van der Waals surface area contributed by atoms with E-state index in [2.05, 4.69) is 5.32 Å². The van der Waals surface area contributed by atoms with Crippen LogP contribution in [0, 0.1) is 18.7 Å². The molecular formula is C13H14FNO3. The molecule has 0 atom stereocenters. The number of aryl methyl sites for hydroxylation is 1. The molecule has 1 fully saturated rings. The summed E-state index contributed by atoms with van der Waals surface area (Å²) < 4.78 is 13.1. The highest BCUT2D eigenvalue weighted by Crippen LogP contribution is 2.27. The summed E-state index contributed by atoms with van der Waals surface area (Å²) in [6.45, 7) is 1.71. The lowest BCUT2D eigenvalue weighted by Crippen LogP contribution is -2.46. The fraction of sp³-hybridized carbons (Fsp3) is 0.385. The maximum absolute atomic E-state index is 13.1. The van der Waals surface area contributed by atoms with Gasteiger partial charge in [-0.15, -0.1) is 0 Å². The molecule has 5 heteroatoms. The third kappa shape index (κ3) is 2.67. The minimum atomic E-state index is -0.831. The Morgan fingerprint density at radius 2 is 2.00 bits per heavy atom. The van der Waals surface area contributed by atoms with Gasteiger partial charge in [0, 0.05) is 11.6 Å². The third-order valence-corrected chi connectivity index (χ3v) is 3.13. The summed E-state index contributed by atoms with van der Waals surface area (Å²) in [7, 11) is 0. The molecule has 96 valence electrons. The summed E-state index contributed by atoms with van der Waals surface area (Å²) in [6, 6.07) is 4.00. The molecule has 0 aliphatic heterocycles. The van der Waals surface area contributed by atoms with Gasteiger partial charge in [0.2, 0.25) is 0 Å². The van der Waals surface area contributed by atoms with Crippen LogP contribution in [-0.2, 0) is 4.79 Å². The van der Waals surface area contributed by atoms with Gasteiger partial charge in [-0.1, -0.05) is 0 Å². The largest absolute Gasteiger partial charge is 0.481 e. The quantitative estimate of drug-likeness (QED) is 0.859. The fourth-order valence-corrected chi connectivity index (χ4v) is 2.07. The summed E-state index contributed by atoms with van der Waals surface area (Å²) in [6.07, 6.45) is 0.880. The van der Waals surface area contributed by atoms with Crippen molar-refractivity contribution < 1.29 is 19.1 Å². The molecule has 1 aliphatic rings. The summed E-state index contributed by atoms with van der Waals surface area (Å²) in [5.41, 5.74) is 0.948. The average Bonchev–Trinajstić information content (AvgIpc) is 2.20. The van der Waals surface area contributed by atoms with Crippen LogP contribution in [0.5, 0.6) is 0 Å². The first-order valence-corrected chi connectivity index (χ1v) is 5.76. The minimum Gasteiger partial charge on any atom is -0.481 e. The van der Waals surface area contributed by atoms with Crippen molar-refractivity contribution in [3.8, 4) is 0 Å². The van der Waals surface area contributed by atoms with Crippen molar-refractivity contribution >= 4 is 11.9 Å². The second-order valence-electron chi connectivity index (χ2n) is 4.69.